The molecule has 1 unspecified atom stereocenters. The van der Waals surface area contributed by atoms with E-state index in [1.54, 1.807) is 0 Å². The molecule has 0 aliphatic heterocycles. The summed E-state index contributed by atoms with van der Waals surface area (Å²) in [5.74, 6) is 0. The van der Waals surface area contributed by atoms with Gasteiger partial charge in [0.2, 0.25) is 0 Å². The Balaban J connectivity index is 3.61. The average Bonchev–Trinajstić information content (AvgIpc) is 1.82. The number of hydrogen-bond acceptors (Lipinski definition) is 3. The highest BCUT2D eigenvalue weighted by molar-refractivity contribution is 6.14. The maximum atomic E-state index is 6.64. The van der Waals surface area contributed by atoms with E-state index in [2.05, 4.69) is 4.99 Å². The van der Waals surface area contributed by atoms with Crippen LogP contribution in [0, 0.1) is 5.41 Å². The first-order valence-corrected chi connectivity index (χ1v) is 2.87. The summed E-state index contributed by atoms with van der Waals surface area (Å²) in [5.41, 5.74) is 0. The zero-order valence-electron chi connectivity index (χ0n) is 6.13. The summed E-state index contributed by atoms with van der Waals surface area (Å²) in [5, 5.41) is 6.64. The first kappa shape index (κ1) is 8.30. The Kier molecular flexibility index (Phi) is 3.88. The fourth-order valence-electron chi connectivity index (χ4n) is 0.301. The molecule has 0 radical (unpaired) electrons. The summed E-state index contributed by atoms with van der Waals surface area (Å²) in [4.78, 5) is 5.97. The number of aliphatic imine (C=N–C) groups is 1. The smallest absolute Gasteiger partial charge is 0.0986 e. The van der Waals surface area contributed by atoms with Crippen molar-refractivity contribution < 1.29 is 0 Å². The molecule has 0 aliphatic rings. The second-order valence-corrected chi connectivity index (χ2v) is 2.06. The molecule has 0 aliphatic carbocycles. The molecule has 0 aromatic heterocycles. The predicted octanol–water partition coefficient (Wildman–Crippen LogP) is 0.614. The van der Waals surface area contributed by atoms with Crippen LogP contribution in [-0.2, 0) is 0 Å². The van der Waals surface area contributed by atoms with Gasteiger partial charge in [-0.05, 0) is 21.0 Å². The third-order valence-electron chi connectivity index (χ3n) is 1.12. The molecule has 3 nitrogen and oxygen atoms in total. The molecule has 0 saturated heterocycles. The molecule has 9 heavy (non-hydrogen) atoms. The molecular weight excluding hydrogens is 114 g/mol. The topological polar surface area (TPSA) is 39.5 Å². The van der Waals surface area contributed by atoms with Crippen LogP contribution in [0.15, 0.2) is 4.99 Å². The predicted molar refractivity (Wildman–Crippen MR) is 40.4 cm³/mol. The zero-order chi connectivity index (χ0) is 7.28. The molecule has 0 amide bonds. The highest BCUT2D eigenvalue weighted by atomic mass is 15.2. The Morgan fingerprint density at radius 3 is 2.44 bits per heavy atom. The van der Waals surface area contributed by atoms with Crippen molar-refractivity contribution in [2.24, 2.45) is 4.99 Å². The first-order chi connectivity index (χ1) is 4.18. The van der Waals surface area contributed by atoms with Gasteiger partial charge in [0.1, 0.15) is 0 Å². The van der Waals surface area contributed by atoms with Crippen LogP contribution in [-0.4, -0.2) is 37.6 Å². The molecule has 1 N–H and O–H groups in total. The number of nitrogens with one attached hydrogen (secondary N) is 1. The maximum absolute atomic E-state index is 6.64. The van der Waals surface area contributed by atoms with E-state index in [0.29, 0.717) is 0 Å². The summed E-state index contributed by atoms with van der Waals surface area (Å²) >= 11 is 0. The maximum Gasteiger partial charge on any atom is 0.0986 e. The molecule has 0 saturated carbocycles. The Morgan fingerprint density at radius 2 is 2.11 bits per heavy atom. The summed E-state index contributed by atoms with van der Waals surface area (Å²) in [7, 11) is 3.90. The molecule has 0 aromatic carbocycles. The van der Waals surface area contributed by atoms with Crippen molar-refractivity contribution in [2.45, 2.75) is 13.1 Å². The van der Waals surface area contributed by atoms with Crippen LogP contribution in [0.25, 0.3) is 0 Å². The third kappa shape index (κ3) is 3.85. The minimum Gasteiger partial charge on any atom is -0.307 e. The van der Waals surface area contributed by atoms with Crippen LogP contribution in [0.4, 0.5) is 0 Å². The van der Waals surface area contributed by atoms with Crippen molar-refractivity contribution in [3.8, 4) is 0 Å². The van der Waals surface area contributed by atoms with E-state index >= 15 is 0 Å². The van der Waals surface area contributed by atoms with Gasteiger partial charge >= 0.3 is 0 Å². The van der Waals surface area contributed by atoms with Crippen molar-refractivity contribution in [1.29, 1.82) is 5.41 Å². The van der Waals surface area contributed by atoms with Crippen molar-refractivity contribution in [3.05, 3.63) is 0 Å². The van der Waals surface area contributed by atoms with Crippen LogP contribution in [0.5, 0.6) is 0 Å². The number of hydrogen-bond donors (Lipinski definition) is 1. The lowest BCUT2D eigenvalue weighted by Gasteiger charge is -2.13. The summed E-state index contributed by atoms with van der Waals surface area (Å²) < 4.78 is 0. The largest absolute Gasteiger partial charge is 0.307 e. The molecule has 0 fully saturated rings. The summed E-state index contributed by atoms with van der Waals surface area (Å²) in [6, 6.07) is 0. The van der Waals surface area contributed by atoms with Crippen LogP contribution >= 0.6 is 0 Å². The van der Waals surface area contributed by atoms with Crippen molar-refractivity contribution >= 4 is 12.4 Å². The Labute approximate surface area is 55.9 Å². The molecule has 0 heterocycles. The zero-order valence-corrected chi connectivity index (χ0v) is 6.13. The van der Waals surface area contributed by atoms with E-state index in [1.807, 2.05) is 25.9 Å². The second-order valence-electron chi connectivity index (χ2n) is 2.06. The van der Waals surface area contributed by atoms with Gasteiger partial charge in [0.05, 0.1) is 6.17 Å². The quantitative estimate of drug-likeness (QED) is 0.554. The van der Waals surface area contributed by atoms with E-state index < -0.39 is 0 Å². The van der Waals surface area contributed by atoms with Gasteiger partial charge in [-0.15, -0.1) is 0 Å². The summed E-state index contributed by atoms with van der Waals surface area (Å²) in [6.07, 6.45) is 2.84. The van der Waals surface area contributed by atoms with Gasteiger partial charge < -0.3 is 5.41 Å². The molecule has 0 spiro atoms. The van der Waals surface area contributed by atoms with Gasteiger partial charge in [0.25, 0.3) is 0 Å². The fraction of sp³-hybridized carbons (Fsp3) is 0.667. The lowest BCUT2D eigenvalue weighted by atomic mass is 10.5. The molecule has 0 aromatic rings. The Bertz CT molecular complexity index is 107. The third-order valence-corrected chi connectivity index (χ3v) is 1.12. The molecular formula is C6H13N3. The Morgan fingerprint density at radius 1 is 1.56 bits per heavy atom. The SMILES string of the molecule is CC(N=CC=N)N(C)C. The average molecular weight is 127 g/mol. The van der Waals surface area contributed by atoms with Crippen LogP contribution < -0.4 is 0 Å². The molecule has 3 heteroatoms. The van der Waals surface area contributed by atoms with Gasteiger partial charge in [-0.2, -0.15) is 0 Å². The highest BCUT2D eigenvalue weighted by Crippen LogP contribution is 1.89. The van der Waals surface area contributed by atoms with E-state index in [0.717, 1.165) is 0 Å². The minimum absolute atomic E-state index is 0.173. The van der Waals surface area contributed by atoms with Gasteiger partial charge in [-0.3, -0.25) is 9.89 Å². The standard InChI is InChI=1S/C6H13N3/c1-6(9(2)3)8-5-4-7/h4-7H,1-3H3. The lowest BCUT2D eigenvalue weighted by molar-refractivity contribution is 0.325. The van der Waals surface area contributed by atoms with E-state index in [1.165, 1.54) is 12.4 Å². The van der Waals surface area contributed by atoms with Crippen LogP contribution in [0.2, 0.25) is 0 Å². The van der Waals surface area contributed by atoms with Gasteiger partial charge in [-0.1, -0.05) is 0 Å². The Hall–Kier alpha value is -0.700. The molecule has 0 bridgehead atoms. The molecule has 0 rings (SSSR count). The monoisotopic (exact) mass is 127 g/mol. The van der Waals surface area contributed by atoms with Crippen LogP contribution in [0.1, 0.15) is 6.92 Å². The van der Waals surface area contributed by atoms with Crippen molar-refractivity contribution in [3.63, 3.8) is 0 Å². The number of rotatable bonds is 3. The second kappa shape index (κ2) is 4.21. The van der Waals surface area contributed by atoms with Gasteiger partial charge in [-0.25, -0.2) is 0 Å². The fourth-order valence-corrected chi connectivity index (χ4v) is 0.301. The van der Waals surface area contributed by atoms with E-state index in [4.69, 9.17) is 5.41 Å². The van der Waals surface area contributed by atoms with E-state index in [9.17, 15) is 0 Å². The van der Waals surface area contributed by atoms with Crippen molar-refractivity contribution in [2.75, 3.05) is 14.1 Å². The van der Waals surface area contributed by atoms with Crippen molar-refractivity contribution in [1.82, 2.24) is 4.90 Å². The summed E-state index contributed by atoms with van der Waals surface area (Å²) in [6.45, 7) is 1.97. The van der Waals surface area contributed by atoms with Gasteiger partial charge in [0.15, 0.2) is 0 Å². The minimum atomic E-state index is 0.173. The van der Waals surface area contributed by atoms with Gasteiger partial charge in [0, 0.05) is 12.4 Å². The highest BCUT2D eigenvalue weighted by Gasteiger charge is 1.96. The molecule has 52 valence electrons. The van der Waals surface area contributed by atoms with E-state index in [-0.39, 0.29) is 6.17 Å². The lowest BCUT2D eigenvalue weighted by Crippen LogP contribution is -2.22. The number of nitrogens with zero attached hydrogens (tertiary/aromatic N) is 2. The van der Waals surface area contributed by atoms with Crippen LogP contribution in [0.3, 0.4) is 0 Å². The first-order valence-electron chi connectivity index (χ1n) is 2.87. The molecule has 1 atom stereocenters. The normalized spacial score (nSPS) is 14.7.